The normalized spacial score (nSPS) is 14.1. The van der Waals surface area contributed by atoms with Gasteiger partial charge in [0, 0.05) is 0 Å². The Hall–Kier alpha value is -0.910. The lowest BCUT2D eigenvalue weighted by molar-refractivity contribution is -0.107. The van der Waals surface area contributed by atoms with Gasteiger partial charge in [-0.05, 0) is 42.7 Å². The minimum Gasteiger partial charge on any atom is -0.491 e. The minimum absolute atomic E-state index is 0.0418. The van der Waals surface area contributed by atoms with Gasteiger partial charge in [-0.2, -0.15) is 0 Å². The van der Waals surface area contributed by atoms with E-state index in [9.17, 15) is 9.90 Å². The first kappa shape index (κ1) is 15.1. The number of alkyl halides is 1. The largest absolute Gasteiger partial charge is 0.491 e. The van der Waals surface area contributed by atoms with E-state index in [2.05, 4.69) is 15.9 Å². The number of aryl methyl sites for hydroxylation is 2. The molecule has 0 saturated heterocycles. The Morgan fingerprint density at radius 2 is 1.94 bits per heavy atom. The van der Waals surface area contributed by atoms with Crippen molar-refractivity contribution in [2.75, 3.05) is 13.2 Å². The van der Waals surface area contributed by atoms with Crippen LogP contribution >= 0.6 is 15.9 Å². The zero-order valence-electron chi connectivity index (χ0n) is 10.4. The molecule has 0 heterocycles. The lowest BCUT2D eigenvalue weighted by Gasteiger charge is -2.15. The molecule has 0 aliphatic carbocycles. The van der Waals surface area contributed by atoms with E-state index in [-0.39, 0.29) is 18.0 Å². The Morgan fingerprint density at radius 1 is 1.39 bits per heavy atom. The highest BCUT2D eigenvalue weighted by Crippen LogP contribution is 2.30. The number of rotatable bonds is 6. The maximum Gasteiger partial charge on any atom is 0.138 e. The molecular weight excluding hydrogens is 300 g/mol. The molecule has 100 valence electrons. The van der Waals surface area contributed by atoms with Gasteiger partial charge in [0.25, 0.3) is 0 Å². The molecule has 1 rings (SSSR count). The quantitative estimate of drug-likeness (QED) is 0.619. The number of carbonyl (C=O) groups excluding carboxylic acids is 1. The highest BCUT2D eigenvalue weighted by molar-refractivity contribution is 9.09. The molecule has 0 radical (unpaired) electrons. The van der Waals surface area contributed by atoms with Crippen LogP contribution in [-0.2, 0) is 4.79 Å². The maximum atomic E-state index is 10.8. The fourth-order valence-corrected chi connectivity index (χ4v) is 2.49. The number of carbonyl (C=O) groups is 1. The van der Waals surface area contributed by atoms with E-state index in [4.69, 9.17) is 9.84 Å². The van der Waals surface area contributed by atoms with E-state index in [1.807, 2.05) is 26.0 Å². The molecule has 2 atom stereocenters. The molecule has 18 heavy (non-hydrogen) atoms. The molecule has 2 N–H and O–H groups in total. The zero-order valence-corrected chi connectivity index (χ0v) is 12.0. The molecule has 0 fully saturated rings. The second kappa shape index (κ2) is 6.87. The fraction of sp³-hybridized carbons (Fsp3) is 0.462. The number of benzene rings is 1. The predicted octanol–water partition coefficient (Wildman–Crippen LogP) is 1.67. The van der Waals surface area contributed by atoms with Crippen LogP contribution in [0.25, 0.3) is 0 Å². The Balaban J connectivity index is 2.89. The van der Waals surface area contributed by atoms with Gasteiger partial charge in [-0.25, -0.2) is 0 Å². The summed E-state index contributed by atoms with van der Waals surface area (Å²) in [5.41, 5.74) is 2.81. The second-order valence-electron chi connectivity index (χ2n) is 4.16. The first-order valence-electron chi connectivity index (χ1n) is 5.61. The number of aliphatic hydroxyl groups excluding tert-OH is 2. The van der Waals surface area contributed by atoms with Gasteiger partial charge in [0.15, 0.2) is 0 Å². The van der Waals surface area contributed by atoms with Crippen molar-refractivity contribution >= 4 is 22.2 Å². The van der Waals surface area contributed by atoms with Crippen molar-refractivity contribution in [2.45, 2.75) is 24.8 Å². The van der Waals surface area contributed by atoms with Gasteiger partial charge in [0.2, 0.25) is 0 Å². The molecule has 1 aromatic carbocycles. The van der Waals surface area contributed by atoms with Crippen molar-refractivity contribution < 1.29 is 19.7 Å². The van der Waals surface area contributed by atoms with Gasteiger partial charge in [-0.3, -0.25) is 0 Å². The summed E-state index contributed by atoms with van der Waals surface area (Å²) in [4.78, 5) is 10.5. The van der Waals surface area contributed by atoms with Crippen LogP contribution in [0.5, 0.6) is 5.75 Å². The first-order chi connectivity index (χ1) is 8.49. The van der Waals surface area contributed by atoms with E-state index < -0.39 is 6.10 Å². The summed E-state index contributed by atoms with van der Waals surface area (Å²) in [6.45, 7) is 3.51. The standard InChI is InChI=1S/C13H17BrO4/c1-8-3-11(18-7-10(17)5-15)4-9(2)13(8)12(14)6-16/h3-4,6,10,12,15,17H,5,7H2,1-2H3. The number of hydrogen-bond acceptors (Lipinski definition) is 4. The summed E-state index contributed by atoms with van der Waals surface area (Å²) in [7, 11) is 0. The van der Waals surface area contributed by atoms with Gasteiger partial charge >= 0.3 is 0 Å². The molecule has 0 aliphatic heterocycles. The lowest BCUT2D eigenvalue weighted by atomic mass is 10.00. The highest BCUT2D eigenvalue weighted by Gasteiger charge is 2.14. The molecule has 0 saturated carbocycles. The molecular formula is C13H17BrO4. The van der Waals surface area contributed by atoms with Crippen LogP contribution in [0.15, 0.2) is 12.1 Å². The molecule has 0 bridgehead atoms. The van der Waals surface area contributed by atoms with Crippen LogP contribution in [-0.4, -0.2) is 35.8 Å². The second-order valence-corrected chi connectivity index (χ2v) is 5.14. The summed E-state index contributed by atoms with van der Waals surface area (Å²) >= 11 is 3.30. The maximum absolute atomic E-state index is 10.8. The topological polar surface area (TPSA) is 66.8 Å². The van der Waals surface area contributed by atoms with Gasteiger partial charge < -0.3 is 19.7 Å². The van der Waals surface area contributed by atoms with Crippen LogP contribution in [0, 0.1) is 13.8 Å². The smallest absolute Gasteiger partial charge is 0.138 e. The number of aliphatic hydroxyl groups is 2. The summed E-state index contributed by atoms with van der Waals surface area (Å²) in [6, 6.07) is 3.62. The summed E-state index contributed by atoms with van der Waals surface area (Å²) in [5.74, 6) is 0.617. The van der Waals surface area contributed by atoms with Gasteiger partial charge in [-0.15, -0.1) is 0 Å². The van der Waals surface area contributed by atoms with Crippen molar-refractivity contribution in [1.29, 1.82) is 0 Å². The molecule has 4 nitrogen and oxygen atoms in total. The molecule has 0 amide bonds. The predicted molar refractivity (Wildman–Crippen MR) is 72.2 cm³/mol. The van der Waals surface area contributed by atoms with Crippen LogP contribution in [0.2, 0.25) is 0 Å². The lowest BCUT2D eigenvalue weighted by Crippen LogP contribution is -2.21. The Kier molecular flexibility index (Phi) is 5.78. The van der Waals surface area contributed by atoms with Crippen molar-refractivity contribution in [3.8, 4) is 5.75 Å². The Labute approximate surface area is 115 Å². The third-order valence-electron chi connectivity index (χ3n) is 2.62. The summed E-state index contributed by atoms with van der Waals surface area (Å²) in [5, 5.41) is 17.9. The highest BCUT2D eigenvalue weighted by atomic mass is 79.9. The van der Waals surface area contributed by atoms with Crippen molar-refractivity contribution in [3.63, 3.8) is 0 Å². The first-order valence-corrected chi connectivity index (χ1v) is 6.53. The number of hydrogen-bond donors (Lipinski definition) is 2. The third kappa shape index (κ3) is 3.80. The minimum atomic E-state index is -0.885. The van der Waals surface area contributed by atoms with E-state index in [0.717, 1.165) is 23.0 Å². The van der Waals surface area contributed by atoms with Crippen molar-refractivity contribution in [3.05, 3.63) is 28.8 Å². The number of aldehydes is 1. The van der Waals surface area contributed by atoms with Crippen LogP contribution < -0.4 is 4.74 Å². The van der Waals surface area contributed by atoms with Crippen molar-refractivity contribution in [1.82, 2.24) is 0 Å². The van der Waals surface area contributed by atoms with Gasteiger partial charge in [0.1, 0.15) is 24.7 Å². The molecule has 0 aromatic heterocycles. The Bertz CT molecular complexity index is 396. The molecule has 1 aromatic rings. The van der Waals surface area contributed by atoms with Crippen LogP contribution in [0.4, 0.5) is 0 Å². The average molecular weight is 317 g/mol. The summed E-state index contributed by atoms with van der Waals surface area (Å²) in [6.07, 6.45) is -0.0463. The number of ether oxygens (including phenoxy) is 1. The molecule has 2 unspecified atom stereocenters. The molecule has 0 aliphatic rings. The van der Waals surface area contributed by atoms with Crippen molar-refractivity contribution in [2.24, 2.45) is 0 Å². The fourth-order valence-electron chi connectivity index (χ4n) is 1.77. The summed E-state index contributed by atoms with van der Waals surface area (Å²) < 4.78 is 5.38. The molecule has 5 heteroatoms. The number of halogens is 1. The zero-order chi connectivity index (χ0) is 13.7. The third-order valence-corrected chi connectivity index (χ3v) is 3.29. The van der Waals surface area contributed by atoms with E-state index in [0.29, 0.717) is 5.75 Å². The monoisotopic (exact) mass is 316 g/mol. The Morgan fingerprint density at radius 3 is 2.39 bits per heavy atom. The van der Waals surface area contributed by atoms with Gasteiger partial charge in [-0.1, -0.05) is 15.9 Å². The van der Waals surface area contributed by atoms with E-state index >= 15 is 0 Å². The van der Waals surface area contributed by atoms with E-state index in [1.165, 1.54) is 0 Å². The van der Waals surface area contributed by atoms with Gasteiger partial charge in [0.05, 0.1) is 11.4 Å². The molecule has 0 spiro atoms. The van der Waals surface area contributed by atoms with Crippen LogP contribution in [0.3, 0.4) is 0 Å². The SMILES string of the molecule is Cc1cc(OCC(O)CO)cc(C)c1C(Br)C=O. The van der Waals surface area contributed by atoms with Crippen LogP contribution in [0.1, 0.15) is 21.5 Å². The average Bonchev–Trinajstić information content (AvgIpc) is 2.34. The van der Waals surface area contributed by atoms with E-state index in [1.54, 1.807) is 0 Å².